The molecule has 27 heavy (non-hydrogen) atoms. The molecular formula is C20H17ClFNO3S. The first kappa shape index (κ1) is 18.2. The molecule has 4 nitrogen and oxygen atoms in total. The summed E-state index contributed by atoms with van der Waals surface area (Å²) in [5.41, 5.74) is 2.01. The van der Waals surface area contributed by atoms with Gasteiger partial charge < -0.3 is 4.57 Å². The molecular weight excluding hydrogens is 389 g/mol. The average molecular weight is 406 g/mol. The minimum Gasteiger partial charge on any atom is -0.344 e. The number of ketones is 1. The van der Waals surface area contributed by atoms with E-state index in [9.17, 15) is 17.6 Å². The van der Waals surface area contributed by atoms with Gasteiger partial charge in [-0.2, -0.15) is 0 Å². The molecule has 1 aliphatic rings. The summed E-state index contributed by atoms with van der Waals surface area (Å²) in [6, 6.07) is 8.80. The van der Waals surface area contributed by atoms with Crippen molar-refractivity contribution in [2.24, 2.45) is 0 Å². The van der Waals surface area contributed by atoms with Crippen molar-refractivity contribution in [2.75, 3.05) is 6.26 Å². The Labute approximate surface area is 161 Å². The van der Waals surface area contributed by atoms with E-state index in [4.69, 9.17) is 11.6 Å². The molecule has 0 atom stereocenters. The highest BCUT2D eigenvalue weighted by atomic mass is 35.5. The Hall–Kier alpha value is -2.18. The quantitative estimate of drug-likeness (QED) is 0.607. The number of benzene rings is 2. The molecule has 1 aromatic heterocycles. The summed E-state index contributed by atoms with van der Waals surface area (Å²) >= 11 is 5.92. The number of aryl methyl sites for hydroxylation is 1. The van der Waals surface area contributed by atoms with Gasteiger partial charge in [-0.25, -0.2) is 12.8 Å². The van der Waals surface area contributed by atoms with Crippen LogP contribution >= 0.6 is 11.6 Å². The SMILES string of the molecule is CS(=O)(=O)c1cc(F)cc2c1c(C(=O)c1ccc(Cl)cc1)c1n2CCCC1. The first-order valence-corrected chi connectivity index (χ1v) is 10.9. The van der Waals surface area contributed by atoms with Crippen molar-refractivity contribution in [3.05, 3.63) is 64.1 Å². The lowest BCUT2D eigenvalue weighted by Crippen LogP contribution is -2.13. The highest BCUT2D eigenvalue weighted by molar-refractivity contribution is 7.91. The van der Waals surface area contributed by atoms with Crippen LogP contribution in [0.15, 0.2) is 41.3 Å². The molecule has 0 bridgehead atoms. The van der Waals surface area contributed by atoms with E-state index in [1.165, 1.54) is 6.07 Å². The molecule has 0 saturated carbocycles. The minimum absolute atomic E-state index is 0.142. The maximum absolute atomic E-state index is 14.2. The second-order valence-electron chi connectivity index (χ2n) is 6.84. The number of hydrogen-bond acceptors (Lipinski definition) is 3. The van der Waals surface area contributed by atoms with Crippen LogP contribution in [-0.2, 0) is 22.8 Å². The molecule has 0 fully saturated rings. The number of carbonyl (C=O) groups excluding carboxylic acids is 1. The van der Waals surface area contributed by atoms with E-state index in [-0.39, 0.29) is 10.7 Å². The predicted octanol–water partition coefficient (Wildman–Crippen LogP) is 4.40. The van der Waals surface area contributed by atoms with Crippen LogP contribution in [0.5, 0.6) is 0 Å². The lowest BCUT2D eigenvalue weighted by atomic mass is 9.97. The number of nitrogens with zero attached hydrogens (tertiary/aromatic N) is 1. The van der Waals surface area contributed by atoms with E-state index in [0.717, 1.165) is 30.9 Å². The zero-order valence-corrected chi connectivity index (χ0v) is 16.2. The molecule has 0 N–H and O–H groups in total. The molecule has 1 aliphatic heterocycles. The van der Waals surface area contributed by atoms with Crippen molar-refractivity contribution in [3.8, 4) is 0 Å². The van der Waals surface area contributed by atoms with E-state index in [1.54, 1.807) is 24.3 Å². The molecule has 0 spiro atoms. The van der Waals surface area contributed by atoms with Crippen LogP contribution in [0, 0.1) is 5.82 Å². The standard InChI is InChI=1S/C20H17ClFNO3S/c1-27(25,26)17-11-14(22)10-16-18(17)19(15-4-2-3-9-23(15)16)20(24)12-5-7-13(21)8-6-12/h5-8,10-11H,2-4,9H2,1H3. The van der Waals surface area contributed by atoms with Gasteiger partial charge >= 0.3 is 0 Å². The fourth-order valence-electron chi connectivity index (χ4n) is 3.82. The van der Waals surface area contributed by atoms with Crippen LogP contribution in [0.4, 0.5) is 4.39 Å². The number of halogens is 2. The maximum Gasteiger partial charge on any atom is 0.195 e. The molecule has 140 valence electrons. The largest absolute Gasteiger partial charge is 0.344 e. The summed E-state index contributed by atoms with van der Waals surface area (Å²) in [6.45, 7) is 0.631. The lowest BCUT2D eigenvalue weighted by molar-refractivity contribution is 0.103. The second-order valence-corrected chi connectivity index (χ2v) is 9.26. The molecule has 0 aliphatic carbocycles. The Balaban J connectivity index is 2.10. The Morgan fingerprint density at radius 1 is 1.15 bits per heavy atom. The van der Waals surface area contributed by atoms with Crippen LogP contribution in [0.2, 0.25) is 5.02 Å². The summed E-state index contributed by atoms with van der Waals surface area (Å²) in [7, 11) is -3.72. The smallest absolute Gasteiger partial charge is 0.195 e. The Morgan fingerprint density at radius 2 is 1.85 bits per heavy atom. The third kappa shape index (κ3) is 3.07. The average Bonchev–Trinajstić information content (AvgIpc) is 2.94. The lowest BCUT2D eigenvalue weighted by Gasteiger charge is -2.17. The highest BCUT2D eigenvalue weighted by Crippen LogP contribution is 2.37. The zero-order chi connectivity index (χ0) is 19.3. The highest BCUT2D eigenvalue weighted by Gasteiger charge is 2.29. The van der Waals surface area contributed by atoms with Crippen LogP contribution in [0.3, 0.4) is 0 Å². The summed E-state index contributed by atoms with van der Waals surface area (Å²) in [4.78, 5) is 13.2. The van der Waals surface area contributed by atoms with Crippen molar-refractivity contribution in [1.82, 2.24) is 4.57 Å². The molecule has 2 heterocycles. The monoisotopic (exact) mass is 405 g/mol. The van der Waals surface area contributed by atoms with Gasteiger partial charge in [-0.15, -0.1) is 0 Å². The first-order chi connectivity index (χ1) is 12.8. The van der Waals surface area contributed by atoms with Gasteiger partial charge in [0.1, 0.15) is 5.82 Å². The molecule has 4 rings (SSSR count). The number of aromatic nitrogens is 1. The fourth-order valence-corrected chi connectivity index (χ4v) is 4.85. The van der Waals surface area contributed by atoms with Gasteiger partial charge in [-0.1, -0.05) is 11.6 Å². The van der Waals surface area contributed by atoms with Crippen molar-refractivity contribution in [3.63, 3.8) is 0 Å². The summed E-state index contributed by atoms with van der Waals surface area (Å²) in [6.07, 6.45) is 3.48. The van der Waals surface area contributed by atoms with Crippen molar-refractivity contribution >= 4 is 38.1 Å². The van der Waals surface area contributed by atoms with E-state index < -0.39 is 15.7 Å². The number of sulfone groups is 1. The summed E-state index contributed by atoms with van der Waals surface area (Å²) < 4.78 is 40.8. The van der Waals surface area contributed by atoms with Gasteiger partial charge in [0.15, 0.2) is 15.6 Å². The third-order valence-corrected chi connectivity index (χ3v) is 6.35. The van der Waals surface area contributed by atoms with E-state index in [0.29, 0.717) is 40.0 Å². The van der Waals surface area contributed by atoms with Gasteiger partial charge in [-0.3, -0.25) is 4.79 Å². The predicted molar refractivity (Wildman–Crippen MR) is 103 cm³/mol. The fraction of sp³-hybridized carbons (Fsp3) is 0.250. The maximum atomic E-state index is 14.2. The van der Waals surface area contributed by atoms with Crippen LogP contribution in [0.1, 0.15) is 34.5 Å². The number of fused-ring (bicyclic) bond motifs is 3. The van der Waals surface area contributed by atoms with Gasteiger partial charge in [0.2, 0.25) is 0 Å². The minimum atomic E-state index is -3.72. The topological polar surface area (TPSA) is 56.1 Å². The van der Waals surface area contributed by atoms with Gasteiger partial charge in [0.25, 0.3) is 0 Å². The van der Waals surface area contributed by atoms with Crippen LogP contribution in [0.25, 0.3) is 10.9 Å². The van der Waals surface area contributed by atoms with E-state index in [1.807, 2.05) is 4.57 Å². The van der Waals surface area contributed by atoms with Gasteiger partial charge in [0, 0.05) is 34.5 Å². The van der Waals surface area contributed by atoms with Gasteiger partial charge in [0.05, 0.1) is 16.0 Å². The first-order valence-electron chi connectivity index (χ1n) is 8.62. The molecule has 0 unspecified atom stereocenters. The van der Waals surface area contributed by atoms with Gasteiger partial charge in [-0.05, 0) is 55.7 Å². The van der Waals surface area contributed by atoms with Crippen molar-refractivity contribution in [2.45, 2.75) is 30.7 Å². The van der Waals surface area contributed by atoms with Crippen LogP contribution in [-0.4, -0.2) is 25.0 Å². The Kier molecular flexibility index (Phi) is 4.35. The molecule has 0 saturated heterocycles. The van der Waals surface area contributed by atoms with Crippen molar-refractivity contribution in [1.29, 1.82) is 0 Å². The molecule has 7 heteroatoms. The summed E-state index contributed by atoms with van der Waals surface area (Å²) in [5, 5.41) is 0.824. The van der Waals surface area contributed by atoms with E-state index >= 15 is 0 Å². The van der Waals surface area contributed by atoms with Crippen molar-refractivity contribution < 1.29 is 17.6 Å². The third-order valence-electron chi connectivity index (χ3n) is 4.98. The Morgan fingerprint density at radius 3 is 2.52 bits per heavy atom. The second kappa shape index (κ2) is 6.46. The molecule has 3 aromatic rings. The van der Waals surface area contributed by atoms with E-state index in [2.05, 4.69) is 0 Å². The van der Waals surface area contributed by atoms with Crippen LogP contribution < -0.4 is 0 Å². The molecule has 2 aromatic carbocycles. The number of rotatable bonds is 3. The Bertz CT molecular complexity index is 1180. The molecule has 0 radical (unpaired) electrons. The number of hydrogen-bond donors (Lipinski definition) is 0. The zero-order valence-electron chi connectivity index (χ0n) is 14.6. The normalized spacial score (nSPS) is 14.3. The number of carbonyl (C=O) groups is 1. The summed E-state index contributed by atoms with van der Waals surface area (Å²) in [5.74, 6) is -0.900. The molecule has 0 amide bonds.